The number of ether oxygens (including phenoxy) is 1. The lowest BCUT2D eigenvalue weighted by molar-refractivity contribution is -0.122. The summed E-state index contributed by atoms with van der Waals surface area (Å²) in [6, 6.07) is 6.39. The highest BCUT2D eigenvalue weighted by Gasteiger charge is 2.06. The van der Waals surface area contributed by atoms with Crippen LogP contribution in [-0.2, 0) is 4.79 Å². The number of carbonyl (C=O) groups is 2. The summed E-state index contributed by atoms with van der Waals surface area (Å²) in [5.74, 6) is -0.00178. The predicted octanol–water partition coefficient (Wildman–Crippen LogP) is 0.0178. The summed E-state index contributed by atoms with van der Waals surface area (Å²) in [6.07, 6.45) is 0.252. The first-order valence-electron chi connectivity index (χ1n) is 6.05. The van der Waals surface area contributed by atoms with Crippen LogP contribution in [0.3, 0.4) is 0 Å². The van der Waals surface area contributed by atoms with Crippen molar-refractivity contribution in [2.45, 2.75) is 19.4 Å². The van der Waals surface area contributed by atoms with Gasteiger partial charge in [0.1, 0.15) is 5.75 Å². The smallest absolute Gasteiger partial charge is 0.248 e. The van der Waals surface area contributed by atoms with Gasteiger partial charge in [0.25, 0.3) is 0 Å². The van der Waals surface area contributed by atoms with Gasteiger partial charge in [0, 0.05) is 18.2 Å². The molecule has 1 atom stereocenters. The first kappa shape index (κ1) is 15.0. The molecule has 0 aliphatic rings. The fourth-order valence-electron chi connectivity index (χ4n) is 1.38. The Labute approximate surface area is 112 Å². The number of nitrogens with one attached hydrogen (secondary N) is 1. The topological polar surface area (TPSA) is 107 Å². The Balaban J connectivity index is 2.33. The van der Waals surface area contributed by atoms with Crippen molar-refractivity contribution in [3.05, 3.63) is 29.8 Å². The molecule has 0 aliphatic carbocycles. The van der Waals surface area contributed by atoms with Crippen LogP contribution in [0.5, 0.6) is 5.75 Å². The maximum Gasteiger partial charge on any atom is 0.248 e. The Hall–Kier alpha value is -2.08. The van der Waals surface area contributed by atoms with Gasteiger partial charge in [0.05, 0.1) is 13.0 Å². The lowest BCUT2D eigenvalue weighted by Crippen LogP contribution is -2.38. The van der Waals surface area contributed by atoms with E-state index in [1.54, 1.807) is 24.3 Å². The fraction of sp³-hybridized carbons (Fsp3) is 0.385. The minimum Gasteiger partial charge on any atom is -0.493 e. The van der Waals surface area contributed by atoms with Crippen LogP contribution >= 0.6 is 0 Å². The second kappa shape index (κ2) is 7.38. The Morgan fingerprint density at radius 2 is 1.95 bits per heavy atom. The zero-order valence-corrected chi connectivity index (χ0v) is 10.9. The largest absolute Gasteiger partial charge is 0.493 e. The summed E-state index contributed by atoms with van der Waals surface area (Å²) in [6.45, 7) is 2.50. The van der Waals surface area contributed by atoms with Crippen LogP contribution in [0.1, 0.15) is 23.7 Å². The molecule has 0 radical (unpaired) electrons. The molecule has 2 amide bonds. The van der Waals surface area contributed by atoms with Crippen LogP contribution in [0.4, 0.5) is 0 Å². The SMILES string of the molecule is C[C@@H](CN)NC(=O)CCOc1ccc(C(N)=O)cc1. The predicted molar refractivity (Wildman–Crippen MR) is 71.7 cm³/mol. The molecule has 19 heavy (non-hydrogen) atoms. The van der Waals surface area contributed by atoms with E-state index in [1.165, 1.54) is 0 Å². The van der Waals surface area contributed by atoms with Crippen molar-refractivity contribution < 1.29 is 14.3 Å². The first-order valence-corrected chi connectivity index (χ1v) is 6.05. The summed E-state index contributed by atoms with van der Waals surface area (Å²) < 4.78 is 5.38. The number of carbonyl (C=O) groups excluding carboxylic acids is 2. The van der Waals surface area contributed by atoms with Crippen molar-refractivity contribution in [1.82, 2.24) is 5.32 Å². The monoisotopic (exact) mass is 265 g/mol. The molecule has 0 saturated carbocycles. The number of nitrogens with two attached hydrogens (primary N) is 2. The highest BCUT2D eigenvalue weighted by Crippen LogP contribution is 2.11. The van der Waals surface area contributed by atoms with Crippen molar-refractivity contribution >= 4 is 11.8 Å². The molecule has 6 heteroatoms. The molecule has 0 saturated heterocycles. The number of primary amides is 1. The second-order valence-electron chi connectivity index (χ2n) is 4.19. The molecular formula is C13H19N3O3. The van der Waals surface area contributed by atoms with Crippen LogP contribution in [-0.4, -0.2) is 31.0 Å². The van der Waals surface area contributed by atoms with Crippen molar-refractivity contribution in [1.29, 1.82) is 0 Å². The number of hydrogen-bond donors (Lipinski definition) is 3. The molecule has 1 rings (SSSR count). The molecule has 1 aromatic carbocycles. The molecule has 0 spiro atoms. The maximum absolute atomic E-state index is 11.4. The van der Waals surface area contributed by atoms with Crippen LogP contribution in [0.2, 0.25) is 0 Å². The lowest BCUT2D eigenvalue weighted by Gasteiger charge is -2.11. The van der Waals surface area contributed by atoms with Crippen molar-refractivity contribution in [3.63, 3.8) is 0 Å². The Morgan fingerprint density at radius 1 is 1.32 bits per heavy atom. The van der Waals surface area contributed by atoms with E-state index in [4.69, 9.17) is 16.2 Å². The standard InChI is InChI=1S/C13H19N3O3/c1-9(8-14)16-12(17)6-7-19-11-4-2-10(3-5-11)13(15)18/h2-5,9H,6-8,14H2,1H3,(H2,15,18)(H,16,17)/t9-/m0/s1. The molecule has 104 valence electrons. The van der Waals surface area contributed by atoms with Gasteiger partial charge in [-0.2, -0.15) is 0 Å². The summed E-state index contributed by atoms with van der Waals surface area (Å²) in [5, 5.41) is 2.73. The van der Waals surface area contributed by atoms with E-state index in [2.05, 4.69) is 5.32 Å². The van der Waals surface area contributed by atoms with Gasteiger partial charge < -0.3 is 21.5 Å². The average molecular weight is 265 g/mol. The van der Waals surface area contributed by atoms with Crippen LogP contribution < -0.4 is 21.5 Å². The van der Waals surface area contributed by atoms with Crippen LogP contribution in [0.25, 0.3) is 0 Å². The van der Waals surface area contributed by atoms with E-state index < -0.39 is 5.91 Å². The van der Waals surface area contributed by atoms with Crippen molar-refractivity contribution in [2.75, 3.05) is 13.2 Å². The van der Waals surface area contributed by atoms with E-state index in [0.717, 1.165) is 0 Å². The van der Waals surface area contributed by atoms with Gasteiger partial charge in [-0.25, -0.2) is 0 Å². The molecule has 0 heterocycles. The zero-order chi connectivity index (χ0) is 14.3. The molecule has 1 aromatic rings. The van der Waals surface area contributed by atoms with Gasteiger partial charge in [0.15, 0.2) is 0 Å². The molecule has 0 bridgehead atoms. The molecule has 0 aliphatic heterocycles. The molecule has 0 aromatic heterocycles. The Bertz CT molecular complexity index is 431. The van der Waals surface area contributed by atoms with Crippen LogP contribution in [0.15, 0.2) is 24.3 Å². The van der Waals surface area contributed by atoms with E-state index in [0.29, 0.717) is 17.9 Å². The molecule has 0 fully saturated rings. The van der Waals surface area contributed by atoms with Crippen LogP contribution in [0, 0.1) is 0 Å². The van der Waals surface area contributed by atoms with Crippen molar-refractivity contribution in [2.24, 2.45) is 11.5 Å². The quantitative estimate of drug-likeness (QED) is 0.645. The highest BCUT2D eigenvalue weighted by atomic mass is 16.5. The Morgan fingerprint density at radius 3 is 2.47 bits per heavy atom. The van der Waals surface area contributed by atoms with E-state index in [-0.39, 0.29) is 25.0 Å². The van der Waals surface area contributed by atoms with Gasteiger partial charge in [-0.1, -0.05) is 0 Å². The second-order valence-corrected chi connectivity index (χ2v) is 4.19. The minimum atomic E-state index is -0.485. The number of amides is 2. The summed E-state index contributed by atoms with van der Waals surface area (Å²) in [7, 11) is 0. The van der Waals surface area contributed by atoms with Gasteiger partial charge in [-0.05, 0) is 31.2 Å². The fourth-order valence-corrected chi connectivity index (χ4v) is 1.38. The third-order valence-corrected chi connectivity index (χ3v) is 2.50. The third-order valence-electron chi connectivity index (χ3n) is 2.50. The van der Waals surface area contributed by atoms with Gasteiger partial charge in [-0.15, -0.1) is 0 Å². The third kappa shape index (κ3) is 5.39. The number of rotatable bonds is 7. The van der Waals surface area contributed by atoms with E-state index in [1.807, 2.05) is 6.92 Å². The lowest BCUT2D eigenvalue weighted by atomic mass is 10.2. The maximum atomic E-state index is 11.4. The molecular weight excluding hydrogens is 246 g/mol. The van der Waals surface area contributed by atoms with Gasteiger partial charge in [-0.3, -0.25) is 9.59 Å². The molecule has 5 N–H and O–H groups in total. The average Bonchev–Trinajstić information content (AvgIpc) is 2.39. The van der Waals surface area contributed by atoms with Gasteiger partial charge in [0.2, 0.25) is 11.8 Å². The number of benzene rings is 1. The molecule has 0 unspecified atom stereocenters. The van der Waals surface area contributed by atoms with E-state index in [9.17, 15) is 9.59 Å². The summed E-state index contributed by atoms with van der Waals surface area (Å²) in [5.41, 5.74) is 10.9. The zero-order valence-electron chi connectivity index (χ0n) is 10.9. The normalized spacial score (nSPS) is 11.7. The number of hydrogen-bond acceptors (Lipinski definition) is 4. The minimum absolute atomic E-state index is 0.0395. The van der Waals surface area contributed by atoms with Gasteiger partial charge >= 0.3 is 0 Å². The highest BCUT2D eigenvalue weighted by molar-refractivity contribution is 5.92. The Kier molecular flexibility index (Phi) is 5.81. The first-order chi connectivity index (χ1) is 9.02. The molecule has 6 nitrogen and oxygen atoms in total. The summed E-state index contributed by atoms with van der Waals surface area (Å²) >= 11 is 0. The summed E-state index contributed by atoms with van der Waals surface area (Å²) in [4.78, 5) is 22.3. The van der Waals surface area contributed by atoms with E-state index >= 15 is 0 Å². The van der Waals surface area contributed by atoms with Crippen molar-refractivity contribution in [3.8, 4) is 5.75 Å².